The van der Waals surface area contributed by atoms with Crippen LogP contribution < -0.4 is 5.73 Å². The molecule has 0 unspecified atom stereocenters. The summed E-state index contributed by atoms with van der Waals surface area (Å²) < 4.78 is 0. The third kappa shape index (κ3) is 1.37. The van der Waals surface area contributed by atoms with E-state index in [4.69, 9.17) is 17.3 Å². The van der Waals surface area contributed by atoms with Gasteiger partial charge in [-0.05, 0) is 24.1 Å². The molecule has 0 radical (unpaired) electrons. The fraction of sp³-hybridized carbons (Fsp3) is 0.182. The van der Waals surface area contributed by atoms with Crippen LogP contribution in [0.25, 0.3) is 10.9 Å². The van der Waals surface area contributed by atoms with Gasteiger partial charge in [0.15, 0.2) is 0 Å². The highest BCUT2D eigenvalue weighted by molar-refractivity contribution is 6.35. The third-order valence-electron chi connectivity index (χ3n) is 2.44. The molecule has 2 rings (SSSR count). The predicted octanol–water partition coefficient (Wildman–Crippen LogP) is 2.66. The number of hydrogen-bond donors (Lipinski definition) is 1. The SMILES string of the molecule is Cc1c(CN)cnc2c(Cl)cccc12. The number of nitrogens with two attached hydrogens (primary N) is 1. The Morgan fingerprint density at radius 1 is 1.43 bits per heavy atom. The summed E-state index contributed by atoms with van der Waals surface area (Å²) in [5.74, 6) is 0. The molecule has 0 saturated heterocycles. The van der Waals surface area contributed by atoms with Gasteiger partial charge in [-0.15, -0.1) is 0 Å². The van der Waals surface area contributed by atoms with Crippen molar-refractivity contribution in [2.24, 2.45) is 5.73 Å². The molecule has 0 atom stereocenters. The molecule has 0 saturated carbocycles. The Morgan fingerprint density at radius 2 is 2.21 bits per heavy atom. The van der Waals surface area contributed by atoms with Crippen molar-refractivity contribution in [3.63, 3.8) is 0 Å². The van der Waals surface area contributed by atoms with Gasteiger partial charge in [-0.1, -0.05) is 23.7 Å². The van der Waals surface area contributed by atoms with Crippen LogP contribution in [-0.2, 0) is 6.54 Å². The minimum Gasteiger partial charge on any atom is -0.326 e. The molecule has 1 heterocycles. The summed E-state index contributed by atoms with van der Waals surface area (Å²) in [7, 11) is 0. The number of halogens is 1. The van der Waals surface area contributed by atoms with E-state index in [0.717, 1.165) is 16.5 Å². The number of rotatable bonds is 1. The predicted molar refractivity (Wildman–Crippen MR) is 59.4 cm³/mol. The summed E-state index contributed by atoms with van der Waals surface area (Å²) in [5, 5.41) is 1.77. The van der Waals surface area contributed by atoms with Crippen LogP contribution in [0.3, 0.4) is 0 Å². The van der Waals surface area contributed by atoms with Gasteiger partial charge in [0.05, 0.1) is 10.5 Å². The molecule has 2 nitrogen and oxygen atoms in total. The molecule has 0 aliphatic carbocycles. The van der Waals surface area contributed by atoms with Crippen molar-refractivity contribution in [2.75, 3.05) is 0 Å². The van der Waals surface area contributed by atoms with Crippen LogP contribution in [0.15, 0.2) is 24.4 Å². The second kappa shape index (κ2) is 3.56. The van der Waals surface area contributed by atoms with Crippen LogP contribution in [-0.4, -0.2) is 4.98 Å². The number of aryl methyl sites for hydroxylation is 1. The second-order valence-electron chi connectivity index (χ2n) is 3.25. The van der Waals surface area contributed by atoms with Gasteiger partial charge < -0.3 is 5.73 Å². The first kappa shape index (κ1) is 9.44. The zero-order valence-corrected chi connectivity index (χ0v) is 8.67. The number of para-hydroxylation sites is 1. The van der Waals surface area contributed by atoms with Crippen LogP contribution in [0.4, 0.5) is 0 Å². The van der Waals surface area contributed by atoms with E-state index in [1.54, 1.807) is 6.20 Å². The van der Waals surface area contributed by atoms with Gasteiger partial charge in [-0.2, -0.15) is 0 Å². The van der Waals surface area contributed by atoms with Crippen molar-refractivity contribution in [1.29, 1.82) is 0 Å². The molecule has 0 bridgehead atoms. The number of pyridine rings is 1. The van der Waals surface area contributed by atoms with E-state index in [2.05, 4.69) is 4.98 Å². The van der Waals surface area contributed by atoms with E-state index in [0.29, 0.717) is 11.6 Å². The summed E-state index contributed by atoms with van der Waals surface area (Å²) in [6.45, 7) is 2.56. The molecular formula is C11H11ClN2. The molecule has 0 amide bonds. The molecule has 1 aromatic carbocycles. The van der Waals surface area contributed by atoms with Crippen LogP contribution in [0.5, 0.6) is 0 Å². The van der Waals surface area contributed by atoms with Gasteiger partial charge in [0.2, 0.25) is 0 Å². The molecule has 0 aliphatic heterocycles. The molecule has 2 N–H and O–H groups in total. The van der Waals surface area contributed by atoms with Crippen molar-refractivity contribution in [3.05, 3.63) is 40.5 Å². The molecule has 14 heavy (non-hydrogen) atoms. The van der Waals surface area contributed by atoms with E-state index < -0.39 is 0 Å². The number of nitrogens with zero attached hydrogens (tertiary/aromatic N) is 1. The maximum Gasteiger partial charge on any atom is 0.0890 e. The molecule has 3 heteroatoms. The smallest absolute Gasteiger partial charge is 0.0890 e. The number of hydrogen-bond acceptors (Lipinski definition) is 2. The quantitative estimate of drug-likeness (QED) is 0.779. The van der Waals surface area contributed by atoms with Crippen LogP contribution >= 0.6 is 11.6 Å². The lowest BCUT2D eigenvalue weighted by Gasteiger charge is -2.07. The molecule has 0 fully saturated rings. The number of aromatic nitrogens is 1. The van der Waals surface area contributed by atoms with Gasteiger partial charge in [-0.3, -0.25) is 4.98 Å². The summed E-state index contributed by atoms with van der Waals surface area (Å²) in [4.78, 5) is 4.30. The number of benzene rings is 1. The standard InChI is InChI=1S/C11H11ClN2/c1-7-8(5-13)6-14-11-9(7)3-2-4-10(11)12/h2-4,6H,5,13H2,1H3. The normalized spacial score (nSPS) is 10.8. The fourth-order valence-corrected chi connectivity index (χ4v) is 1.79. The van der Waals surface area contributed by atoms with Crippen LogP contribution in [0.1, 0.15) is 11.1 Å². The van der Waals surface area contributed by atoms with Crippen molar-refractivity contribution in [3.8, 4) is 0 Å². The highest BCUT2D eigenvalue weighted by Gasteiger charge is 2.05. The van der Waals surface area contributed by atoms with E-state index in [9.17, 15) is 0 Å². The summed E-state index contributed by atoms with van der Waals surface area (Å²) in [6.07, 6.45) is 1.80. The summed E-state index contributed by atoms with van der Waals surface area (Å²) >= 11 is 6.03. The Hall–Kier alpha value is -1.12. The second-order valence-corrected chi connectivity index (χ2v) is 3.66. The highest BCUT2D eigenvalue weighted by Crippen LogP contribution is 2.25. The first-order valence-corrected chi connectivity index (χ1v) is 4.84. The minimum atomic E-state index is 0.515. The van der Waals surface area contributed by atoms with E-state index in [-0.39, 0.29) is 0 Å². The van der Waals surface area contributed by atoms with Gasteiger partial charge >= 0.3 is 0 Å². The zero-order valence-electron chi connectivity index (χ0n) is 7.92. The van der Waals surface area contributed by atoms with E-state index in [1.807, 2.05) is 25.1 Å². The third-order valence-corrected chi connectivity index (χ3v) is 2.75. The van der Waals surface area contributed by atoms with Crippen LogP contribution in [0, 0.1) is 6.92 Å². The zero-order chi connectivity index (χ0) is 10.1. The van der Waals surface area contributed by atoms with Crippen molar-refractivity contribution >= 4 is 22.5 Å². The number of fused-ring (bicyclic) bond motifs is 1. The van der Waals surface area contributed by atoms with Crippen molar-refractivity contribution in [1.82, 2.24) is 4.98 Å². The van der Waals surface area contributed by atoms with Crippen LogP contribution in [0.2, 0.25) is 5.02 Å². The van der Waals surface area contributed by atoms with Gasteiger partial charge in [-0.25, -0.2) is 0 Å². The van der Waals surface area contributed by atoms with E-state index >= 15 is 0 Å². The van der Waals surface area contributed by atoms with Crippen molar-refractivity contribution in [2.45, 2.75) is 13.5 Å². The molecule has 2 aromatic rings. The Balaban J connectivity index is 2.84. The highest BCUT2D eigenvalue weighted by atomic mass is 35.5. The first-order valence-electron chi connectivity index (χ1n) is 4.47. The topological polar surface area (TPSA) is 38.9 Å². The monoisotopic (exact) mass is 206 g/mol. The molecule has 0 aliphatic rings. The molecule has 1 aromatic heterocycles. The van der Waals surface area contributed by atoms with Gasteiger partial charge in [0.25, 0.3) is 0 Å². The Bertz CT molecular complexity index is 480. The van der Waals surface area contributed by atoms with Gasteiger partial charge in [0.1, 0.15) is 0 Å². The maximum absolute atomic E-state index is 6.03. The van der Waals surface area contributed by atoms with Crippen molar-refractivity contribution < 1.29 is 0 Å². The molecular weight excluding hydrogens is 196 g/mol. The maximum atomic E-state index is 6.03. The lowest BCUT2D eigenvalue weighted by Crippen LogP contribution is -2.00. The summed E-state index contributed by atoms with van der Waals surface area (Å²) in [6, 6.07) is 5.79. The first-order chi connectivity index (χ1) is 6.74. The lowest BCUT2D eigenvalue weighted by molar-refractivity contribution is 1.04. The minimum absolute atomic E-state index is 0.515. The largest absolute Gasteiger partial charge is 0.326 e. The Labute approximate surface area is 87.7 Å². The van der Waals surface area contributed by atoms with Gasteiger partial charge in [0, 0.05) is 18.1 Å². The average molecular weight is 207 g/mol. The lowest BCUT2D eigenvalue weighted by atomic mass is 10.1. The summed E-state index contributed by atoms with van der Waals surface area (Å²) in [5.41, 5.74) is 8.69. The Kier molecular flexibility index (Phi) is 2.40. The fourth-order valence-electron chi connectivity index (χ4n) is 1.57. The Morgan fingerprint density at radius 3 is 2.93 bits per heavy atom. The average Bonchev–Trinajstić information content (AvgIpc) is 2.20. The van der Waals surface area contributed by atoms with E-state index in [1.165, 1.54) is 5.56 Å². The molecule has 0 spiro atoms. The molecule has 72 valence electrons.